The molecular formula is C29H29FN4O4. The van der Waals surface area contributed by atoms with Crippen LogP contribution in [0.2, 0.25) is 0 Å². The molecule has 38 heavy (non-hydrogen) atoms. The summed E-state index contributed by atoms with van der Waals surface area (Å²) in [5.41, 5.74) is 2.47. The molecule has 0 spiro atoms. The number of aromatic nitrogens is 2. The number of carbonyl (C=O) groups is 2. The molecule has 4 aromatic rings. The van der Waals surface area contributed by atoms with Gasteiger partial charge in [0.2, 0.25) is 11.9 Å². The van der Waals surface area contributed by atoms with E-state index in [0.29, 0.717) is 28.4 Å². The van der Waals surface area contributed by atoms with E-state index in [1.807, 2.05) is 38.1 Å². The minimum Gasteiger partial charge on any atom is -0.497 e. The largest absolute Gasteiger partial charge is 0.497 e. The number of methoxy groups -OCH3 is 2. The summed E-state index contributed by atoms with van der Waals surface area (Å²) in [5.74, 6) is 0.508. The van der Waals surface area contributed by atoms with Gasteiger partial charge in [0, 0.05) is 29.1 Å². The van der Waals surface area contributed by atoms with Gasteiger partial charge in [0.1, 0.15) is 23.9 Å². The second kappa shape index (κ2) is 11.6. The molecule has 0 unspecified atom stereocenters. The quantitative estimate of drug-likeness (QED) is 0.331. The number of benzene rings is 3. The number of ether oxygens (including phenoxy) is 2. The van der Waals surface area contributed by atoms with Crippen molar-refractivity contribution in [3.05, 3.63) is 90.4 Å². The normalized spacial score (nSPS) is 10.8. The number of nitrogens with zero attached hydrogens (tertiary/aromatic N) is 3. The molecule has 1 aromatic heterocycles. The van der Waals surface area contributed by atoms with Crippen LogP contribution in [-0.4, -0.2) is 53.1 Å². The summed E-state index contributed by atoms with van der Waals surface area (Å²) < 4.78 is 25.6. The lowest BCUT2D eigenvalue weighted by Gasteiger charge is -2.26. The Kier molecular flexibility index (Phi) is 8.06. The van der Waals surface area contributed by atoms with Crippen LogP contribution in [-0.2, 0) is 4.79 Å². The summed E-state index contributed by atoms with van der Waals surface area (Å²) in [4.78, 5) is 32.5. The molecule has 8 nitrogen and oxygen atoms in total. The van der Waals surface area contributed by atoms with Gasteiger partial charge in [-0.05, 0) is 86.6 Å². The molecule has 196 valence electrons. The van der Waals surface area contributed by atoms with Gasteiger partial charge in [0.05, 0.1) is 19.9 Å². The third-order valence-corrected chi connectivity index (χ3v) is 5.98. The highest BCUT2D eigenvalue weighted by atomic mass is 19.1. The van der Waals surface area contributed by atoms with Crippen molar-refractivity contribution in [2.24, 2.45) is 0 Å². The molecule has 1 N–H and O–H groups in total. The predicted molar refractivity (Wildman–Crippen MR) is 143 cm³/mol. The Morgan fingerprint density at radius 3 is 2.05 bits per heavy atom. The van der Waals surface area contributed by atoms with Crippen molar-refractivity contribution in [1.29, 1.82) is 0 Å². The highest BCUT2D eigenvalue weighted by Crippen LogP contribution is 2.26. The fourth-order valence-electron chi connectivity index (χ4n) is 3.88. The van der Waals surface area contributed by atoms with Gasteiger partial charge in [0.15, 0.2) is 0 Å². The lowest BCUT2D eigenvalue weighted by atomic mass is 10.1. The number of rotatable bonds is 9. The van der Waals surface area contributed by atoms with E-state index in [1.54, 1.807) is 61.4 Å². The van der Waals surface area contributed by atoms with Crippen LogP contribution in [0.5, 0.6) is 11.5 Å². The number of amides is 2. The number of imidazole rings is 1. The first-order chi connectivity index (χ1) is 18.3. The monoisotopic (exact) mass is 516 g/mol. The van der Waals surface area contributed by atoms with E-state index in [1.165, 1.54) is 17.0 Å². The summed E-state index contributed by atoms with van der Waals surface area (Å²) >= 11 is 0. The highest BCUT2D eigenvalue weighted by Gasteiger charge is 2.23. The molecular weight excluding hydrogens is 487 g/mol. The highest BCUT2D eigenvalue weighted by molar-refractivity contribution is 5.99. The van der Waals surface area contributed by atoms with E-state index in [2.05, 4.69) is 10.3 Å². The molecule has 0 fully saturated rings. The number of carbonyl (C=O) groups excluding carboxylic acids is 2. The van der Waals surface area contributed by atoms with Crippen molar-refractivity contribution in [2.75, 3.05) is 26.1 Å². The molecule has 0 radical (unpaired) electrons. The first-order valence-electron chi connectivity index (χ1n) is 12.0. The van der Waals surface area contributed by atoms with Gasteiger partial charge in [-0.25, -0.2) is 9.37 Å². The van der Waals surface area contributed by atoms with Crippen molar-refractivity contribution in [3.63, 3.8) is 0 Å². The van der Waals surface area contributed by atoms with E-state index < -0.39 is 5.91 Å². The SMILES string of the molecule is COc1ccc(C(=O)N(CC(=O)Nc2nc(-c3ccc(OC)cc3)cn2-c2ccc(F)cc2)C(C)C)cc1. The van der Waals surface area contributed by atoms with E-state index in [9.17, 15) is 14.0 Å². The Balaban J connectivity index is 1.60. The maximum atomic E-state index is 13.6. The van der Waals surface area contributed by atoms with Gasteiger partial charge in [-0.15, -0.1) is 0 Å². The van der Waals surface area contributed by atoms with Gasteiger partial charge in [-0.3, -0.25) is 19.5 Å². The van der Waals surface area contributed by atoms with E-state index in [4.69, 9.17) is 9.47 Å². The first-order valence-corrected chi connectivity index (χ1v) is 12.0. The summed E-state index contributed by atoms with van der Waals surface area (Å²) in [6.07, 6.45) is 1.76. The number of halogens is 1. The average molecular weight is 517 g/mol. The minimum atomic E-state index is -0.421. The van der Waals surface area contributed by atoms with Gasteiger partial charge >= 0.3 is 0 Å². The number of hydrogen-bond donors (Lipinski definition) is 1. The molecule has 2 amide bonds. The van der Waals surface area contributed by atoms with Gasteiger partial charge in [0.25, 0.3) is 5.91 Å². The van der Waals surface area contributed by atoms with E-state index in [-0.39, 0.29) is 30.3 Å². The van der Waals surface area contributed by atoms with Crippen LogP contribution in [0.25, 0.3) is 16.9 Å². The molecule has 0 saturated carbocycles. The Labute approximate surface area is 220 Å². The molecule has 9 heteroatoms. The molecule has 3 aromatic carbocycles. The standard InChI is InChI=1S/C29H29FN4O4/c1-19(2)33(28(36)21-7-15-25(38-4)16-8-21)18-27(35)32-29-31-26(20-5-13-24(37-3)14-6-20)17-34(29)23-11-9-22(30)10-12-23/h5-17,19H,18H2,1-4H3,(H,31,32,35). The van der Waals surface area contributed by atoms with Crippen molar-refractivity contribution in [1.82, 2.24) is 14.5 Å². The van der Waals surface area contributed by atoms with Crippen LogP contribution < -0.4 is 14.8 Å². The van der Waals surface area contributed by atoms with Crippen molar-refractivity contribution in [2.45, 2.75) is 19.9 Å². The van der Waals surface area contributed by atoms with Crippen LogP contribution in [0.1, 0.15) is 24.2 Å². The van der Waals surface area contributed by atoms with Crippen LogP contribution in [0.3, 0.4) is 0 Å². The van der Waals surface area contributed by atoms with Gasteiger partial charge < -0.3 is 14.4 Å². The average Bonchev–Trinajstić information content (AvgIpc) is 3.35. The Bertz CT molecular complexity index is 1400. The number of nitrogens with one attached hydrogen (secondary N) is 1. The summed E-state index contributed by atoms with van der Waals surface area (Å²) in [5, 5.41) is 2.83. The van der Waals surface area contributed by atoms with Gasteiger partial charge in [-0.2, -0.15) is 0 Å². The van der Waals surface area contributed by atoms with Crippen molar-refractivity contribution in [3.8, 4) is 28.4 Å². The fourth-order valence-corrected chi connectivity index (χ4v) is 3.88. The fraction of sp³-hybridized carbons (Fsp3) is 0.207. The van der Waals surface area contributed by atoms with Crippen molar-refractivity contribution >= 4 is 17.8 Å². The molecule has 0 aliphatic heterocycles. The van der Waals surface area contributed by atoms with Crippen LogP contribution >= 0.6 is 0 Å². The number of anilines is 1. The molecule has 0 bridgehead atoms. The molecule has 0 atom stereocenters. The lowest BCUT2D eigenvalue weighted by Crippen LogP contribution is -2.42. The summed E-state index contributed by atoms with van der Waals surface area (Å²) in [6, 6.07) is 19.7. The maximum absolute atomic E-state index is 13.6. The Morgan fingerprint density at radius 1 is 0.921 bits per heavy atom. The van der Waals surface area contributed by atoms with Crippen LogP contribution in [0.15, 0.2) is 79.0 Å². The topological polar surface area (TPSA) is 85.7 Å². The second-order valence-electron chi connectivity index (χ2n) is 8.83. The molecule has 1 heterocycles. The maximum Gasteiger partial charge on any atom is 0.254 e. The molecule has 0 aliphatic carbocycles. The zero-order valence-electron chi connectivity index (χ0n) is 21.6. The van der Waals surface area contributed by atoms with Crippen LogP contribution in [0, 0.1) is 5.82 Å². The Hall–Kier alpha value is -4.66. The minimum absolute atomic E-state index is 0.184. The first kappa shape index (κ1) is 26.4. The predicted octanol–water partition coefficient (Wildman–Crippen LogP) is 5.18. The lowest BCUT2D eigenvalue weighted by molar-refractivity contribution is -0.117. The molecule has 0 aliphatic rings. The molecule has 4 rings (SSSR count). The van der Waals surface area contributed by atoms with E-state index in [0.717, 1.165) is 5.56 Å². The van der Waals surface area contributed by atoms with Crippen molar-refractivity contribution < 1.29 is 23.5 Å². The third kappa shape index (κ3) is 6.00. The van der Waals surface area contributed by atoms with Crippen LogP contribution in [0.4, 0.5) is 10.3 Å². The summed E-state index contributed by atoms with van der Waals surface area (Å²) in [7, 11) is 3.14. The number of hydrogen-bond acceptors (Lipinski definition) is 5. The van der Waals surface area contributed by atoms with E-state index >= 15 is 0 Å². The zero-order chi connectivity index (χ0) is 27.2. The second-order valence-corrected chi connectivity index (χ2v) is 8.83. The molecule has 0 saturated heterocycles. The summed E-state index contributed by atoms with van der Waals surface area (Å²) in [6.45, 7) is 3.50. The Morgan fingerprint density at radius 2 is 1.50 bits per heavy atom. The zero-order valence-corrected chi connectivity index (χ0v) is 21.6. The third-order valence-electron chi connectivity index (χ3n) is 5.98. The van der Waals surface area contributed by atoms with Gasteiger partial charge in [-0.1, -0.05) is 0 Å². The smallest absolute Gasteiger partial charge is 0.254 e.